The maximum atomic E-state index is 11.6. The van der Waals surface area contributed by atoms with E-state index in [4.69, 9.17) is 12.2 Å². The topological polar surface area (TPSA) is 109 Å². The summed E-state index contributed by atoms with van der Waals surface area (Å²) in [5.74, 6) is -1.38. The first kappa shape index (κ1) is 19.1. The Kier molecular flexibility index (Phi) is 7.37. The zero-order valence-corrected chi connectivity index (χ0v) is 14.1. The van der Waals surface area contributed by atoms with E-state index in [-0.39, 0.29) is 16.6 Å². The minimum Gasteiger partial charge on any atom is -0.508 e. The molecule has 1 rings (SSSR count). The van der Waals surface area contributed by atoms with Crippen molar-refractivity contribution >= 4 is 35.0 Å². The fourth-order valence-corrected chi connectivity index (χ4v) is 1.64. The molecule has 1 aromatic carbocycles. The molecule has 0 aliphatic carbocycles. The van der Waals surface area contributed by atoms with Crippen molar-refractivity contribution in [3.63, 3.8) is 0 Å². The van der Waals surface area contributed by atoms with Gasteiger partial charge >= 0.3 is 11.9 Å². The summed E-state index contributed by atoms with van der Waals surface area (Å²) in [6.07, 6.45) is 0.913. The first-order valence-electron chi connectivity index (χ1n) is 6.66. The molecule has 0 aromatic heterocycles. The molecular weight excluding hydrogens is 334 g/mol. The molecule has 0 heterocycles. The van der Waals surface area contributed by atoms with Crippen LogP contribution in [0.1, 0.15) is 12.5 Å². The molecule has 24 heavy (non-hydrogen) atoms. The van der Waals surface area contributed by atoms with Crippen molar-refractivity contribution in [2.45, 2.75) is 6.92 Å². The van der Waals surface area contributed by atoms with E-state index in [0.29, 0.717) is 5.71 Å². The van der Waals surface area contributed by atoms with Crippen molar-refractivity contribution in [2.75, 3.05) is 14.2 Å². The molecule has 0 unspecified atom stereocenters. The van der Waals surface area contributed by atoms with Gasteiger partial charge in [0, 0.05) is 0 Å². The third-order valence-corrected chi connectivity index (χ3v) is 2.92. The molecule has 0 saturated heterocycles. The van der Waals surface area contributed by atoms with E-state index in [1.165, 1.54) is 26.4 Å². The van der Waals surface area contributed by atoms with Crippen LogP contribution in [0.4, 0.5) is 0 Å². The number of rotatable bonds is 5. The standard InChI is InChI=1S/C15H17N3O5S/c1-9(10-4-6-11(19)7-5-10)17-18-15(24)16-12(14(21)23-3)8-13(20)22-2/h4-8,19H,1-3H3,(H2,16,18,24)/b12-8-,17-9+. The minimum absolute atomic E-state index is 0.0197. The van der Waals surface area contributed by atoms with Crippen LogP contribution in [0.25, 0.3) is 0 Å². The molecule has 8 nitrogen and oxygen atoms in total. The Morgan fingerprint density at radius 1 is 1.21 bits per heavy atom. The number of nitrogens with zero attached hydrogens (tertiary/aromatic N) is 1. The summed E-state index contributed by atoms with van der Waals surface area (Å²) in [5.41, 5.74) is 3.70. The average Bonchev–Trinajstić information content (AvgIpc) is 2.58. The molecule has 0 saturated carbocycles. The SMILES string of the molecule is COC(=O)/C=C(\NC(=S)N/N=C(\C)c1ccc(O)cc1)C(=O)OC. The Morgan fingerprint density at radius 2 is 1.83 bits per heavy atom. The molecule has 1 aromatic rings. The molecule has 0 radical (unpaired) electrons. The highest BCUT2D eigenvalue weighted by Gasteiger charge is 2.13. The van der Waals surface area contributed by atoms with Crippen molar-refractivity contribution in [3.8, 4) is 5.75 Å². The van der Waals surface area contributed by atoms with Gasteiger partial charge in [-0.15, -0.1) is 0 Å². The largest absolute Gasteiger partial charge is 0.508 e. The highest BCUT2D eigenvalue weighted by Crippen LogP contribution is 2.10. The first-order chi connectivity index (χ1) is 11.4. The van der Waals surface area contributed by atoms with Gasteiger partial charge in [-0.25, -0.2) is 9.59 Å². The number of hydrazone groups is 1. The summed E-state index contributed by atoms with van der Waals surface area (Å²) in [5, 5.41) is 15.8. The van der Waals surface area contributed by atoms with Gasteiger partial charge in [0.2, 0.25) is 0 Å². The van der Waals surface area contributed by atoms with E-state index < -0.39 is 11.9 Å². The monoisotopic (exact) mass is 351 g/mol. The molecule has 9 heteroatoms. The molecule has 0 aliphatic heterocycles. The summed E-state index contributed by atoms with van der Waals surface area (Å²) >= 11 is 5.01. The summed E-state index contributed by atoms with van der Waals surface area (Å²) in [7, 11) is 2.34. The van der Waals surface area contributed by atoms with Gasteiger partial charge in [0.05, 0.1) is 26.0 Å². The summed E-state index contributed by atoms with van der Waals surface area (Å²) in [6.45, 7) is 1.73. The Hall–Kier alpha value is -2.94. The van der Waals surface area contributed by atoms with Gasteiger partial charge in [-0.05, 0) is 49.0 Å². The molecular formula is C15H17N3O5S. The number of methoxy groups -OCH3 is 2. The molecule has 0 atom stereocenters. The highest BCUT2D eigenvalue weighted by atomic mass is 32.1. The second kappa shape index (κ2) is 9.26. The van der Waals surface area contributed by atoms with Crippen LogP contribution in [-0.2, 0) is 19.1 Å². The number of phenolic OH excluding ortho intramolecular Hbond substituents is 1. The summed E-state index contributed by atoms with van der Waals surface area (Å²) < 4.78 is 8.99. The third kappa shape index (κ3) is 6.05. The number of hydrogen-bond donors (Lipinski definition) is 3. The lowest BCUT2D eigenvalue weighted by molar-refractivity contribution is -0.138. The number of nitrogens with one attached hydrogen (secondary N) is 2. The lowest BCUT2D eigenvalue weighted by Crippen LogP contribution is -2.35. The van der Waals surface area contributed by atoms with Crippen molar-refractivity contribution in [2.24, 2.45) is 5.10 Å². The molecule has 3 N–H and O–H groups in total. The van der Waals surface area contributed by atoms with Crippen molar-refractivity contribution in [1.29, 1.82) is 0 Å². The zero-order valence-electron chi connectivity index (χ0n) is 13.3. The van der Waals surface area contributed by atoms with Crippen LogP contribution in [0.5, 0.6) is 5.75 Å². The van der Waals surface area contributed by atoms with E-state index in [0.717, 1.165) is 11.6 Å². The second-order valence-corrected chi connectivity index (χ2v) is 4.79. The van der Waals surface area contributed by atoms with Gasteiger partial charge in [0.25, 0.3) is 0 Å². The molecule has 0 aliphatic rings. The second-order valence-electron chi connectivity index (χ2n) is 4.38. The van der Waals surface area contributed by atoms with Gasteiger partial charge < -0.3 is 19.9 Å². The Labute approximate surface area is 144 Å². The number of carbonyl (C=O) groups excluding carboxylic acids is 2. The zero-order chi connectivity index (χ0) is 18.1. The first-order valence-corrected chi connectivity index (χ1v) is 7.06. The molecule has 0 amide bonds. The predicted octanol–water partition coefficient (Wildman–Crippen LogP) is 0.810. The lowest BCUT2D eigenvalue weighted by Gasteiger charge is -2.10. The van der Waals surface area contributed by atoms with Crippen LogP contribution in [0.2, 0.25) is 0 Å². The smallest absolute Gasteiger partial charge is 0.354 e. The van der Waals surface area contributed by atoms with Gasteiger partial charge in [-0.1, -0.05) is 0 Å². The molecule has 128 valence electrons. The minimum atomic E-state index is -0.788. The van der Waals surface area contributed by atoms with Crippen LogP contribution in [-0.4, -0.2) is 42.1 Å². The number of ether oxygens (including phenoxy) is 2. The number of aromatic hydroxyl groups is 1. The van der Waals surface area contributed by atoms with Crippen molar-refractivity contribution in [1.82, 2.24) is 10.7 Å². The van der Waals surface area contributed by atoms with Crippen molar-refractivity contribution in [3.05, 3.63) is 41.6 Å². The van der Waals surface area contributed by atoms with E-state index in [1.807, 2.05) is 0 Å². The number of phenols is 1. The number of esters is 2. The highest BCUT2D eigenvalue weighted by molar-refractivity contribution is 7.80. The number of carbonyl (C=O) groups is 2. The fourth-order valence-electron chi connectivity index (χ4n) is 1.48. The Morgan fingerprint density at radius 3 is 2.38 bits per heavy atom. The van der Waals surface area contributed by atoms with Crippen LogP contribution in [0, 0.1) is 0 Å². The molecule has 0 bridgehead atoms. The maximum absolute atomic E-state index is 11.6. The Balaban J connectivity index is 2.77. The number of hydrogen-bond acceptors (Lipinski definition) is 7. The molecule has 0 fully saturated rings. The van der Waals surface area contributed by atoms with Crippen LogP contribution in [0.15, 0.2) is 41.1 Å². The summed E-state index contributed by atoms with van der Waals surface area (Å²) in [6, 6.07) is 6.42. The predicted molar refractivity (Wildman–Crippen MR) is 91.3 cm³/mol. The van der Waals surface area contributed by atoms with E-state index in [9.17, 15) is 14.7 Å². The average molecular weight is 351 g/mol. The lowest BCUT2D eigenvalue weighted by atomic mass is 10.1. The maximum Gasteiger partial charge on any atom is 0.354 e. The van der Waals surface area contributed by atoms with Gasteiger partial charge in [0.1, 0.15) is 11.4 Å². The van der Waals surface area contributed by atoms with E-state index in [2.05, 4.69) is 25.3 Å². The quantitative estimate of drug-likeness (QED) is 0.235. The van der Waals surface area contributed by atoms with Crippen LogP contribution >= 0.6 is 12.2 Å². The van der Waals surface area contributed by atoms with E-state index >= 15 is 0 Å². The number of thiocarbonyl (C=S) groups is 1. The fraction of sp³-hybridized carbons (Fsp3) is 0.200. The van der Waals surface area contributed by atoms with Crippen LogP contribution < -0.4 is 10.7 Å². The number of benzene rings is 1. The Bertz CT molecular complexity index is 683. The van der Waals surface area contributed by atoms with E-state index in [1.54, 1.807) is 19.1 Å². The van der Waals surface area contributed by atoms with Crippen molar-refractivity contribution < 1.29 is 24.2 Å². The normalized spacial score (nSPS) is 11.5. The summed E-state index contributed by atoms with van der Waals surface area (Å²) in [4.78, 5) is 22.8. The third-order valence-electron chi connectivity index (χ3n) is 2.73. The van der Waals surface area contributed by atoms with Crippen LogP contribution in [0.3, 0.4) is 0 Å². The molecule has 0 spiro atoms. The van der Waals surface area contributed by atoms with Gasteiger partial charge in [-0.3, -0.25) is 5.43 Å². The van der Waals surface area contributed by atoms with Gasteiger partial charge in [0.15, 0.2) is 5.11 Å². The van der Waals surface area contributed by atoms with Gasteiger partial charge in [-0.2, -0.15) is 5.10 Å².